The Kier molecular flexibility index (Phi) is 3.30. The summed E-state index contributed by atoms with van der Waals surface area (Å²) in [7, 11) is 0. The van der Waals surface area contributed by atoms with Gasteiger partial charge in [-0.25, -0.2) is 0 Å². The number of hydrogen-bond donors (Lipinski definition) is 0. The Morgan fingerprint density at radius 1 is 1.25 bits per heavy atom. The first-order valence-electron chi connectivity index (χ1n) is 5.11. The molecule has 1 fully saturated rings. The molecule has 12 heavy (non-hydrogen) atoms. The van der Waals surface area contributed by atoms with Crippen LogP contribution >= 0.6 is 0 Å². The second kappa shape index (κ2) is 4.06. The molecule has 0 heterocycles. The van der Waals surface area contributed by atoms with Crippen LogP contribution in [0.4, 0.5) is 0 Å². The van der Waals surface area contributed by atoms with Crippen LogP contribution in [-0.2, 0) is 4.79 Å². The van der Waals surface area contributed by atoms with E-state index in [-0.39, 0.29) is 0 Å². The van der Waals surface area contributed by atoms with Crippen molar-refractivity contribution >= 4 is 5.78 Å². The van der Waals surface area contributed by atoms with E-state index < -0.39 is 0 Å². The van der Waals surface area contributed by atoms with Gasteiger partial charge in [0.15, 0.2) is 0 Å². The minimum atomic E-state index is 0.485. The van der Waals surface area contributed by atoms with Crippen LogP contribution in [-0.4, -0.2) is 5.78 Å². The molecule has 0 N–H and O–H groups in total. The van der Waals surface area contributed by atoms with Crippen LogP contribution in [0.15, 0.2) is 0 Å². The molecule has 0 aromatic heterocycles. The van der Waals surface area contributed by atoms with Gasteiger partial charge < -0.3 is 0 Å². The first-order chi connectivity index (χ1) is 5.59. The third-order valence-corrected chi connectivity index (χ3v) is 3.04. The fourth-order valence-corrected chi connectivity index (χ4v) is 2.04. The zero-order valence-corrected chi connectivity index (χ0v) is 8.47. The highest BCUT2D eigenvalue weighted by Gasteiger charge is 2.23. The molecule has 0 aromatic rings. The number of rotatable bonds is 1. The van der Waals surface area contributed by atoms with E-state index in [4.69, 9.17) is 0 Å². The molecule has 1 aliphatic carbocycles. The lowest BCUT2D eigenvalue weighted by Gasteiger charge is -2.17. The van der Waals surface area contributed by atoms with E-state index in [1.165, 1.54) is 12.8 Å². The molecule has 1 nitrogen and oxygen atoms in total. The molecule has 0 bridgehead atoms. The van der Waals surface area contributed by atoms with Crippen molar-refractivity contribution in [3.05, 3.63) is 0 Å². The Morgan fingerprint density at radius 3 is 2.50 bits per heavy atom. The van der Waals surface area contributed by atoms with Crippen LogP contribution in [0.1, 0.15) is 46.5 Å². The van der Waals surface area contributed by atoms with Gasteiger partial charge in [-0.15, -0.1) is 0 Å². The van der Waals surface area contributed by atoms with Gasteiger partial charge in [-0.05, 0) is 24.2 Å². The van der Waals surface area contributed by atoms with Gasteiger partial charge in [0.25, 0.3) is 0 Å². The van der Waals surface area contributed by atoms with Crippen molar-refractivity contribution in [2.45, 2.75) is 46.5 Å². The summed E-state index contributed by atoms with van der Waals surface area (Å²) in [5.41, 5.74) is 0. The Balaban J connectivity index is 2.52. The second-order valence-corrected chi connectivity index (χ2v) is 4.63. The van der Waals surface area contributed by atoms with E-state index in [0.717, 1.165) is 12.8 Å². The first kappa shape index (κ1) is 9.76. The van der Waals surface area contributed by atoms with Crippen LogP contribution in [0.25, 0.3) is 0 Å². The number of hydrogen-bond acceptors (Lipinski definition) is 1. The Hall–Kier alpha value is -0.330. The molecule has 0 spiro atoms. The van der Waals surface area contributed by atoms with E-state index in [1.54, 1.807) is 0 Å². The van der Waals surface area contributed by atoms with Crippen molar-refractivity contribution in [3.8, 4) is 0 Å². The predicted molar refractivity (Wildman–Crippen MR) is 51.0 cm³/mol. The van der Waals surface area contributed by atoms with Crippen molar-refractivity contribution in [1.29, 1.82) is 0 Å². The highest BCUT2D eigenvalue weighted by atomic mass is 16.1. The fraction of sp³-hybridized carbons (Fsp3) is 0.909. The van der Waals surface area contributed by atoms with Crippen LogP contribution < -0.4 is 0 Å². The van der Waals surface area contributed by atoms with Crippen molar-refractivity contribution in [2.75, 3.05) is 0 Å². The lowest BCUT2D eigenvalue weighted by Crippen LogP contribution is -2.11. The SMILES string of the molecule is CC1CCC(C(C)C)CC(=O)C1. The summed E-state index contributed by atoms with van der Waals surface area (Å²) in [6.45, 7) is 6.66. The highest BCUT2D eigenvalue weighted by Crippen LogP contribution is 2.29. The smallest absolute Gasteiger partial charge is 0.133 e. The maximum atomic E-state index is 11.4. The zero-order chi connectivity index (χ0) is 9.14. The summed E-state index contributed by atoms with van der Waals surface area (Å²) in [5.74, 6) is 2.45. The van der Waals surface area contributed by atoms with Gasteiger partial charge in [-0.2, -0.15) is 0 Å². The first-order valence-corrected chi connectivity index (χ1v) is 5.11. The van der Waals surface area contributed by atoms with Crippen LogP contribution in [0.3, 0.4) is 0 Å². The molecule has 1 saturated carbocycles. The Bertz CT molecular complexity index is 160. The summed E-state index contributed by atoms with van der Waals surface area (Å²) in [6, 6.07) is 0. The molecule has 0 amide bonds. The molecule has 0 aliphatic heterocycles. The number of carbonyl (C=O) groups excluding carboxylic acids is 1. The van der Waals surface area contributed by atoms with Gasteiger partial charge >= 0.3 is 0 Å². The molecular weight excluding hydrogens is 148 g/mol. The quantitative estimate of drug-likeness (QED) is 0.550. The van der Waals surface area contributed by atoms with E-state index in [1.807, 2.05) is 0 Å². The lowest BCUT2D eigenvalue weighted by atomic mass is 9.88. The van der Waals surface area contributed by atoms with Crippen molar-refractivity contribution in [2.24, 2.45) is 17.8 Å². The third-order valence-electron chi connectivity index (χ3n) is 3.04. The number of ketones is 1. The monoisotopic (exact) mass is 168 g/mol. The minimum absolute atomic E-state index is 0.485. The molecule has 0 aromatic carbocycles. The van der Waals surface area contributed by atoms with E-state index >= 15 is 0 Å². The molecule has 0 radical (unpaired) electrons. The largest absolute Gasteiger partial charge is 0.300 e. The minimum Gasteiger partial charge on any atom is -0.300 e. The van der Waals surface area contributed by atoms with Gasteiger partial charge in [-0.1, -0.05) is 27.2 Å². The maximum absolute atomic E-state index is 11.4. The Morgan fingerprint density at radius 2 is 1.92 bits per heavy atom. The van der Waals surface area contributed by atoms with E-state index in [9.17, 15) is 4.79 Å². The zero-order valence-electron chi connectivity index (χ0n) is 8.47. The molecule has 1 rings (SSSR count). The average molecular weight is 168 g/mol. The van der Waals surface area contributed by atoms with Gasteiger partial charge in [0.2, 0.25) is 0 Å². The molecule has 1 aliphatic rings. The van der Waals surface area contributed by atoms with Crippen molar-refractivity contribution in [1.82, 2.24) is 0 Å². The molecule has 0 saturated heterocycles. The van der Waals surface area contributed by atoms with Gasteiger partial charge in [0.05, 0.1) is 0 Å². The number of carbonyl (C=O) groups is 1. The van der Waals surface area contributed by atoms with E-state index in [2.05, 4.69) is 20.8 Å². The number of Topliss-reactive ketones (excluding diaryl/α,β-unsaturated/α-hetero) is 1. The highest BCUT2D eigenvalue weighted by molar-refractivity contribution is 5.79. The van der Waals surface area contributed by atoms with Crippen LogP contribution in [0.2, 0.25) is 0 Å². The second-order valence-electron chi connectivity index (χ2n) is 4.63. The topological polar surface area (TPSA) is 17.1 Å². The Labute approximate surface area is 75.5 Å². The normalized spacial score (nSPS) is 32.2. The predicted octanol–water partition coefficient (Wildman–Crippen LogP) is 3.04. The maximum Gasteiger partial charge on any atom is 0.133 e. The van der Waals surface area contributed by atoms with Crippen LogP contribution in [0.5, 0.6) is 0 Å². The lowest BCUT2D eigenvalue weighted by molar-refractivity contribution is -0.120. The molecule has 2 atom stereocenters. The van der Waals surface area contributed by atoms with Crippen molar-refractivity contribution < 1.29 is 4.79 Å². The summed E-state index contributed by atoms with van der Waals surface area (Å²) >= 11 is 0. The molecule has 2 unspecified atom stereocenters. The van der Waals surface area contributed by atoms with E-state index in [0.29, 0.717) is 23.5 Å². The summed E-state index contributed by atoms with van der Waals surface area (Å²) < 4.78 is 0. The summed E-state index contributed by atoms with van der Waals surface area (Å²) in [6.07, 6.45) is 4.16. The molecular formula is C11H20O. The van der Waals surface area contributed by atoms with Gasteiger partial charge in [0, 0.05) is 12.8 Å². The average Bonchev–Trinajstić information content (AvgIpc) is 2.11. The standard InChI is InChI=1S/C11H20O/c1-8(2)10-5-4-9(3)6-11(12)7-10/h8-10H,4-7H2,1-3H3. The molecule has 1 heteroatoms. The summed E-state index contributed by atoms with van der Waals surface area (Å²) in [5, 5.41) is 0. The summed E-state index contributed by atoms with van der Waals surface area (Å²) in [4.78, 5) is 11.4. The van der Waals surface area contributed by atoms with Gasteiger partial charge in [0.1, 0.15) is 5.78 Å². The van der Waals surface area contributed by atoms with Crippen LogP contribution in [0, 0.1) is 17.8 Å². The fourth-order valence-electron chi connectivity index (χ4n) is 2.04. The van der Waals surface area contributed by atoms with Crippen molar-refractivity contribution in [3.63, 3.8) is 0 Å². The third kappa shape index (κ3) is 2.62. The van der Waals surface area contributed by atoms with Gasteiger partial charge in [-0.3, -0.25) is 4.79 Å². The molecule has 70 valence electrons.